The van der Waals surface area contributed by atoms with Crippen LogP contribution < -0.4 is 4.74 Å². The Morgan fingerprint density at radius 1 is 1.19 bits per heavy atom. The Balaban J connectivity index is 3.33. The second kappa shape index (κ2) is 10.3. The standard InChI is InChI=1S/C18H24N2O6/c1-4-6-7-8-10-13(3)15-11-14(19(22)23)12-16(20(24)25)18(15)26-17(21)9-5-2/h5,9,11-13H,4,6-8,10H2,1-3H3. The number of hydrogen-bond acceptors (Lipinski definition) is 6. The van der Waals surface area contributed by atoms with E-state index in [0.717, 1.165) is 37.8 Å². The third kappa shape index (κ3) is 5.94. The number of ether oxygens (including phenoxy) is 1. The van der Waals surface area contributed by atoms with Gasteiger partial charge in [0.1, 0.15) is 0 Å². The Morgan fingerprint density at radius 3 is 2.42 bits per heavy atom. The highest BCUT2D eigenvalue weighted by atomic mass is 16.6. The predicted octanol–water partition coefficient (Wildman–Crippen LogP) is 5.06. The number of esters is 1. The summed E-state index contributed by atoms with van der Waals surface area (Å²) in [5.41, 5.74) is -0.661. The molecule has 1 unspecified atom stereocenters. The highest BCUT2D eigenvalue weighted by Crippen LogP contribution is 2.41. The molecule has 0 radical (unpaired) electrons. The van der Waals surface area contributed by atoms with Gasteiger partial charge in [-0.3, -0.25) is 20.2 Å². The van der Waals surface area contributed by atoms with Crippen LogP contribution in [-0.2, 0) is 4.79 Å². The summed E-state index contributed by atoms with van der Waals surface area (Å²) in [7, 11) is 0. The summed E-state index contributed by atoms with van der Waals surface area (Å²) in [6.07, 6.45) is 7.31. The lowest BCUT2D eigenvalue weighted by Crippen LogP contribution is -2.10. The number of carbonyl (C=O) groups excluding carboxylic acids is 1. The van der Waals surface area contributed by atoms with Crippen LogP contribution in [0.1, 0.15) is 64.4 Å². The van der Waals surface area contributed by atoms with Gasteiger partial charge in [0.05, 0.1) is 15.9 Å². The summed E-state index contributed by atoms with van der Waals surface area (Å²) in [6, 6.07) is 2.08. The number of nitro groups is 2. The summed E-state index contributed by atoms with van der Waals surface area (Å²) < 4.78 is 5.17. The molecule has 0 heterocycles. The monoisotopic (exact) mass is 364 g/mol. The molecule has 0 fully saturated rings. The maximum atomic E-state index is 11.8. The summed E-state index contributed by atoms with van der Waals surface area (Å²) in [5.74, 6) is -1.20. The summed E-state index contributed by atoms with van der Waals surface area (Å²) in [6.45, 7) is 5.52. The number of nitrogens with zero attached hydrogens (tertiary/aromatic N) is 2. The normalized spacial score (nSPS) is 12.1. The molecule has 1 rings (SSSR count). The SMILES string of the molecule is CC=CC(=O)Oc1c(C(C)CCCCCC)cc([N+](=O)[O-])cc1[N+](=O)[O-]. The van der Waals surface area contributed by atoms with Crippen molar-refractivity contribution in [2.75, 3.05) is 0 Å². The van der Waals surface area contributed by atoms with Gasteiger partial charge in [0.25, 0.3) is 5.69 Å². The fourth-order valence-corrected chi connectivity index (χ4v) is 2.64. The van der Waals surface area contributed by atoms with Crippen LogP contribution in [0, 0.1) is 20.2 Å². The number of benzene rings is 1. The zero-order chi connectivity index (χ0) is 19.7. The van der Waals surface area contributed by atoms with E-state index in [9.17, 15) is 25.0 Å². The van der Waals surface area contributed by atoms with Crippen LogP contribution in [0.25, 0.3) is 0 Å². The van der Waals surface area contributed by atoms with Gasteiger partial charge in [-0.15, -0.1) is 0 Å². The molecule has 1 aromatic rings. The van der Waals surface area contributed by atoms with E-state index in [0.29, 0.717) is 12.0 Å². The van der Waals surface area contributed by atoms with Crippen LogP contribution in [-0.4, -0.2) is 15.8 Å². The van der Waals surface area contributed by atoms with Crippen LogP contribution in [0.2, 0.25) is 0 Å². The minimum absolute atomic E-state index is 0.216. The lowest BCUT2D eigenvalue weighted by Gasteiger charge is -2.16. The molecule has 1 atom stereocenters. The third-order valence-electron chi connectivity index (χ3n) is 4.02. The van der Waals surface area contributed by atoms with Gasteiger partial charge in [0.15, 0.2) is 0 Å². The van der Waals surface area contributed by atoms with E-state index in [-0.39, 0.29) is 11.7 Å². The van der Waals surface area contributed by atoms with E-state index in [4.69, 9.17) is 4.74 Å². The smallest absolute Gasteiger partial charge is 0.336 e. The van der Waals surface area contributed by atoms with E-state index in [1.807, 2.05) is 6.92 Å². The number of nitro benzene ring substituents is 2. The zero-order valence-electron chi connectivity index (χ0n) is 15.3. The first-order valence-corrected chi connectivity index (χ1v) is 8.63. The van der Waals surface area contributed by atoms with Gasteiger partial charge in [-0.2, -0.15) is 0 Å². The molecule has 0 aliphatic carbocycles. The van der Waals surface area contributed by atoms with E-state index in [1.165, 1.54) is 12.1 Å². The zero-order valence-corrected chi connectivity index (χ0v) is 15.3. The molecule has 8 heteroatoms. The van der Waals surface area contributed by atoms with Crippen molar-refractivity contribution < 1.29 is 19.4 Å². The number of hydrogen-bond donors (Lipinski definition) is 0. The molecular weight excluding hydrogens is 340 g/mol. The van der Waals surface area contributed by atoms with Gasteiger partial charge in [-0.05, 0) is 19.3 Å². The maximum Gasteiger partial charge on any atom is 0.336 e. The van der Waals surface area contributed by atoms with Crippen LogP contribution >= 0.6 is 0 Å². The van der Waals surface area contributed by atoms with Crippen LogP contribution in [0.5, 0.6) is 5.75 Å². The minimum Gasteiger partial charge on any atom is -0.416 e. The van der Waals surface area contributed by atoms with Crippen molar-refractivity contribution in [3.05, 3.63) is 50.1 Å². The van der Waals surface area contributed by atoms with Crippen LogP contribution in [0.4, 0.5) is 11.4 Å². The molecular formula is C18H24N2O6. The number of non-ortho nitro benzene ring substituents is 1. The third-order valence-corrected chi connectivity index (χ3v) is 4.02. The Kier molecular flexibility index (Phi) is 8.41. The highest BCUT2D eigenvalue weighted by molar-refractivity contribution is 5.85. The van der Waals surface area contributed by atoms with Crippen molar-refractivity contribution in [3.63, 3.8) is 0 Å². The van der Waals surface area contributed by atoms with E-state index in [1.54, 1.807) is 6.92 Å². The molecule has 0 N–H and O–H groups in total. The molecule has 0 aliphatic rings. The van der Waals surface area contributed by atoms with Crippen molar-refractivity contribution in [1.29, 1.82) is 0 Å². The van der Waals surface area contributed by atoms with Gasteiger partial charge in [-0.1, -0.05) is 45.6 Å². The van der Waals surface area contributed by atoms with Gasteiger partial charge in [0, 0.05) is 17.7 Å². The van der Waals surface area contributed by atoms with Crippen molar-refractivity contribution in [3.8, 4) is 5.75 Å². The fourth-order valence-electron chi connectivity index (χ4n) is 2.64. The molecule has 0 amide bonds. The molecule has 0 saturated heterocycles. The molecule has 0 saturated carbocycles. The first kappa shape index (κ1) is 21.3. The van der Waals surface area contributed by atoms with Gasteiger partial charge < -0.3 is 4.74 Å². The second-order valence-electron chi connectivity index (χ2n) is 6.07. The number of rotatable bonds is 10. The van der Waals surface area contributed by atoms with Crippen molar-refractivity contribution in [2.45, 2.75) is 58.8 Å². The van der Waals surface area contributed by atoms with Gasteiger partial charge >= 0.3 is 11.7 Å². The Morgan fingerprint density at radius 2 is 1.88 bits per heavy atom. The quantitative estimate of drug-likeness (QED) is 0.143. The molecule has 1 aromatic carbocycles. The highest BCUT2D eigenvalue weighted by Gasteiger charge is 2.29. The predicted molar refractivity (Wildman–Crippen MR) is 97.4 cm³/mol. The molecule has 0 bridgehead atoms. The lowest BCUT2D eigenvalue weighted by molar-refractivity contribution is -0.394. The van der Waals surface area contributed by atoms with Gasteiger partial charge in [-0.25, -0.2) is 4.79 Å². The van der Waals surface area contributed by atoms with E-state index < -0.39 is 27.2 Å². The topological polar surface area (TPSA) is 113 Å². The fraction of sp³-hybridized carbons (Fsp3) is 0.500. The van der Waals surface area contributed by atoms with E-state index in [2.05, 4.69) is 6.92 Å². The number of carbonyl (C=O) groups is 1. The van der Waals surface area contributed by atoms with Crippen molar-refractivity contribution in [2.24, 2.45) is 0 Å². The number of allylic oxidation sites excluding steroid dienone is 1. The van der Waals surface area contributed by atoms with E-state index >= 15 is 0 Å². The van der Waals surface area contributed by atoms with Crippen LogP contribution in [0.15, 0.2) is 24.3 Å². The summed E-state index contributed by atoms with van der Waals surface area (Å²) in [4.78, 5) is 32.9. The first-order chi connectivity index (χ1) is 12.3. The molecule has 0 spiro atoms. The summed E-state index contributed by atoms with van der Waals surface area (Å²) in [5, 5.41) is 22.5. The van der Waals surface area contributed by atoms with Crippen molar-refractivity contribution in [1.82, 2.24) is 0 Å². The van der Waals surface area contributed by atoms with Crippen molar-refractivity contribution >= 4 is 17.3 Å². The second-order valence-corrected chi connectivity index (χ2v) is 6.07. The Hall–Kier alpha value is -2.77. The molecule has 0 aliphatic heterocycles. The first-order valence-electron chi connectivity index (χ1n) is 8.63. The summed E-state index contributed by atoms with van der Waals surface area (Å²) >= 11 is 0. The molecule has 142 valence electrons. The Labute approximate surface area is 152 Å². The van der Waals surface area contributed by atoms with Gasteiger partial charge in [0.2, 0.25) is 5.75 Å². The average Bonchev–Trinajstić information content (AvgIpc) is 2.58. The molecule has 0 aromatic heterocycles. The molecule has 8 nitrogen and oxygen atoms in total. The van der Waals surface area contributed by atoms with Crippen LogP contribution in [0.3, 0.4) is 0 Å². The molecule has 26 heavy (non-hydrogen) atoms. The minimum atomic E-state index is -0.765. The maximum absolute atomic E-state index is 11.8. The average molecular weight is 364 g/mol. The Bertz CT molecular complexity index is 699. The lowest BCUT2D eigenvalue weighted by atomic mass is 9.93. The largest absolute Gasteiger partial charge is 0.416 e. The number of unbranched alkanes of at least 4 members (excludes halogenated alkanes) is 3.